The van der Waals surface area contributed by atoms with E-state index in [-0.39, 0.29) is 0 Å². The molecule has 136 valence electrons. The summed E-state index contributed by atoms with van der Waals surface area (Å²) in [6.07, 6.45) is 24.3. The lowest BCUT2D eigenvalue weighted by Gasteiger charge is -2.16. The zero-order valence-corrected chi connectivity index (χ0v) is 15.9. The van der Waals surface area contributed by atoms with Crippen molar-refractivity contribution in [1.29, 1.82) is 0 Å². The molecule has 0 bridgehead atoms. The highest BCUT2D eigenvalue weighted by Gasteiger charge is 2.24. The van der Waals surface area contributed by atoms with Gasteiger partial charge < -0.3 is 5.11 Å². The number of aliphatic hydroxyl groups is 1. The summed E-state index contributed by atoms with van der Waals surface area (Å²) in [6.45, 7) is 4.79. The van der Waals surface area contributed by atoms with Crippen molar-refractivity contribution < 1.29 is 5.11 Å². The summed E-state index contributed by atoms with van der Waals surface area (Å²) in [6, 6.07) is 0. The Hall–Kier alpha value is -0.300. The van der Waals surface area contributed by atoms with Gasteiger partial charge in [-0.15, -0.1) is 0 Å². The molecule has 1 heteroatoms. The Morgan fingerprint density at radius 1 is 1.00 bits per heavy atom. The lowest BCUT2D eigenvalue weighted by Crippen LogP contribution is -2.05. The fourth-order valence-corrected chi connectivity index (χ4v) is 3.98. The third-order valence-corrected chi connectivity index (χ3v) is 5.66. The number of hydrogen-bond acceptors (Lipinski definition) is 1. The Morgan fingerprint density at radius 3 is 2.57 bits per heavy atom. The Balaban J connectivity index is 2.05. The van der Waals surface area contributed by atoms with Crippen molar-refractivity contribution in [3.63, 3.8) is 0 Å². The first kappa shape index (κ1) is 20.7. The fourth-order valence-electron chi connectivity index (χ4n) is 3.98. The summed E-state index contributed by atoms with van der Waals surface area (Å²) in [5, 5.41) is 9.03. The zero-order chi connectivity index (χ0) is 16.8. The molecule has 1 fully saturated rings. The Morgan fingerprint density at radius 2 is 1.78 bits per heavy atom. The predicted molar refractivity (Wildman–Crippen MR) is 103 cm³/mol. The quantitative estimate of drug-likeness (QED) is 0.272. The van der Waals surface area contributed by atoms with E-state index in [0.717, 1.165) is 11.8 Å². The van der Waals surface area contributed by atoms with Gasteiger partial charge in [-0.25, -0.2) is 0 Å². The van der Waals surface area contributed by atoms with Gasteiger partial charge in [-0.05, 0) is 56.3 Å². The van der Waals surface area contributed by atoms with E-state index in [4.69, 9.17) is 5.11 Å². The summed E-state index contributed by atoms with van der Waals surface area (Å²) in [7, 11) is 0. The second-order valence-corrected chi connectivity index (χ2v) is 7.91. The topological polar surface area (TPSA) is 20.2 Å². The van der Waals surface area contributed by atoms with E-state index in [1.807, 2.05) is 0 Å². The van der Waals surface area contributed by atoms with E-state index in [0.29, 0.717) is 12.5 Å². The molecular formula is C22H42O. The van der Waals surface area contributed by atoms with E-state index in [1.165, 1.54) is 89.9 Å². The van der Waals surface area contributed by atoms with Crippen LogP contribution in [0.1, 0.15) is 104 Å². The van der Waals surface area contributed by atoms with Crippen molar-refractivity contribution in [3.05, 3.63) is 12.2 Å². The first-order valence-corrected chi connectivity index (χ1v) is 10.6. The minimum Gasteiger partial charge on any atom is -0.396 e. The van der Waals surface area contributed by atoms with Gasteiger partial charge in [0.15, 0.2) is 0 Å². The summed E-state index contributed by atoms with van der Waals surface area (Å²) in [5.41, 5.74) is 0. The van der Waals surface area contributed by atoms with Crippen molar-refractivity contribution >= 4 is 0 Å². The molecule has 23 heavy (non-hydrogen) atoms. The van der Waals surface area contributed by atoms with Crippen LogP contribution >= 0.6 is 0 Å². The van der Waals surface area contributed by atoms with Crippen LogP contribution < -0.4 is 0 Å². The van der Waals surface area contributed by atoms with Gasteiger partial charge in [-0.1, -0.05) is 77.4 Å². The maximum atomic E-state index is 9.03. The molecule has 0 heterocycles. The van der Waals surface area contributed by atoms with E-state index in [1.54, 1.807) is 0 Å². The van der Waals surface area contributed by atoms with Crippen molar-refractivity contribution in [2.75, 3.05) is 6.61 Å². The highest BCUT2D eigenvalue weighted by atomic mass is 16.3. The summed E-state index contributed by atoms with van der Waals surface area (Å²) >= 11 is 0. The molecule has 1 saturated carbocycles. The molecule has 1 unspecified atom stereocenters. The number of aliphatic hydroxyl groups excluding tert-OH is 1. The molecule has 3 atom stereocenters. The first-order valence-electron chi connectivity index (χ1n) is 10.6. The van der Waals surface area contributed by atoms with Crippen molar-refractivity contribution in [1.82, 2.24) is 0 Å². The zero-order valence-electron chi connectivity index (χ0n) is 15.9. The van der Waals surface area contributed by atoms with Crippen LogP contribution in [0.3, 0.4) is 0 Å². The number of rotatable bonds is 14. The average Bonchev–Trinajstić information content (AvgIpc) is 3.01. The lowest BCUT2D eigenvalue weighted by atomic mass is 9.90. The average molecular weight is 323 g/mol. The molecule has 0 aromatic heterocycles. The maximum Gasteiger partial charge on any atom is 0.0456 e. The van der Waals surface area contributed by atoms with Crippen LogP contribution in [0.25, 0.3) is 0 Å². The SMILES string of the molecule is CCCCCCC=C[C@H]1CCC[C@@H]1CCCCCCC(C)CO. The molecule has 0 amide bonds. The molecule has 1 aliphatic carbocycles. The van der Waals surface area contributed by atoms with Gasteiger partial charge in [-0.2, -0.15) is 0 Å². The Labute approximate surface area is 146 Å². The van der Waals surface area contributed by atoms with Gasteiger partial charge in [0.1, 0.15) is 0 Å². The molecule has 0 aliphatic heterocycles. The lowest BCUT2D eigenvalue weighted by molar-refractivity contribution is 0.227. The fraction of sp³-hybridized carbons (Fsp3) is 0.909. The van der Waals surface area contributed by atoms with Crippen LogP contribution in [-0.4, -0.2) is 11.7 Å². The normalized spacial score (nSPS) is 22.9. The molecule has 0 radical (unpaired) electrons. The highest BCUT2D eigenvalue weighted by Crippen LogP contribution is 2.36. The maximum absolute atomic E-state index is 9.03. The van der Waals surface area contributed by atoms with Gasteiger partial charge in [0.05, 0.1) is 0 Å². The van der Waals surface area contributed by atoms with E-state index >= 15 is 0 Å². The molecule has 1 N–H and O–H groups in total. The molecular weight excluding hydrogens is 280 g/mol. The van der Waals surface area contributed by atoms with Crippen LogP contribution in [0.5, 0.6) is 0 Å². The van der Waals surface area contributed by atoms with Crippen LogP contribution in [0.4, 0.5) is 0 Å². The molecule has 0 spiro atoms. The van der Waals surface area contributed by atoms with Crippen LogP contribution in [-0.2, 0) is 0 Å². The summed E-state index contributed by atoms with van der Waals surface area (Å²) < 4.78 is 0. The third-order valence-electron chi connectivity index (χ3n) is 5.66. The van der Waals surface area contributed by atoms with Gasteiger partial charge in [0.2, 0.25) is 0 Å². The van der Waals surface area contributed by atoms with E-state index in [9.17, 15) is 0 Å². The van der Waals surface area contributed by atoms with Gasteiger partial charge in [0, 0.05) is 6.61 Å². The Bertz CT molecular complexity index is 284. The van der Waals surface area contributed by atoms with Gasteiger partial charge >= 0.3 is 0 Å². The van der Waals surface area contributed by atoms with Crippen molar-refractivity contribution in [2.45, 2.75) is 104 Å². The van der Waals surface area contributed by atoms with Crippen molar-refractivity contribution in [3.8, 4) is 0 Å². The summed E-state index contributed by atoms with van der Waals surface area (Å²) in [5.74, 6) is 2.35. The monoisotopic (exact) mass is 322 g/mol. The Kier molecular flexibility index (Phi) is 12.7. The van der Waals surface area contributed by atoms with Gasteiger partial charge in [0.25, 0.3) is 0 Å². The number of allylic oxidation sites excluding steroid dienone is 2. The van der Waals surface area contributed by atoms with E-state index < -0.39 is 0 Å². The third kappa shape index (κ3) is 10.2. The second kappa shape index (κ2) is 14.1. The largest absolute Gasteiger partial charge is 0.396 e. The van der Waals surface area contributed by atoms with E-state index in [2.05, 4.69) is 26.0 Å². The molecule has 1 nitrogen and oxygen atoms in total. The van der Waals surface area contributed by atoms with Crippen molar-refractivity contribution in [2.24, 2.45) is 17.8 Å². The molecule has 1 rings (SSSR count). The number of unbranched alkanes of at least 4 members (excludes halogenated alkanes) is 7. The number of hydrogen-bond donors (Lipinski definition) is 1. The minimum atomic E-state index is 0.356. The molecule has 0 saturated heterocycles. The molecule has 0 aromatic rings. The molecule has 1 aliphatic rings. The minimum absolute atomic E-state index is 0.356. The standard InChI is InChI=1S/C22H42O/c1-3-4-5-6-7-11-15-21-17-13-18-22(21)16-12-9-8-10-14-20(2)19-23/h11,15,20-23H,3-10,12-14,16-19H2,1-2H3/t20?,21-,22-/m0/s1. The molecule has 0 aromatic carbocycles. The van der Waals surface area contributed by atoms with Crippen LogP contribution in [0.15, 0.2) is 12.2 Å². The smallest absolute Gasteiger partial charge is 0.0456 e. The predicted octanol–water partition coefficient (Wildman–Crippen LogP) is 6.90. The highest BCUT2D eigenvalue weighted by molar-refractivity contribution is 4.94. The summed E-state index contributed by atoms with van der Waals surface area (Å²) in [4.78, 5) is 0. The van der Waals surface area contributed by atoms with Crippen LogP contribution in [0, 0.1) is 17.8 Å². The van der Waals surface area contributed by atoms with Crippen LogP contribution in [0.2, 0.25) is 0 Å². The second-order valence-electron chi connectivity index (χ2n) is 7.91. The first-order chi connectivity index (χ1) is 11.3. The van der Waals surface area contributed by atoms with Gasteiger partial charge in [-0.3, -0.25) is 0 Å².